The lowest BCUT2D eigenvalue weighted by Gasteiger charge is -2.20. The second-order valence-electron chi connectivity index (χ2n) is 8.24. The molecule has 0 atom stereocenters. The van der Waals surface area contributed by atoms with Crippen LogP contribution >= 0.6 is 11.8 Å². The van der Waals surface area contributed by atoms with Crippen molar-refractivity contribution in [3.8, 4) is 11.4 Å². The Morgan fingerprint density at radius 3 is 2.36 bits per heavy atom. The van der Waals surface area contributed by atoms with Gasteiger partial charge in [0.15, 0.2) is 5.75 Å². The summed E-state index contributed by atoms with van der Waals surface area (Å²) in [4.78, 5) is 26.1. The van der Waals surface area contributed by atoms with E-state index in [2.05, 4.69) is 0 Å². The monoisotopic (exact) mass is 471 g/mol. The van der Waals surface area contributed by atoms with Gasteiger partial charge in [-0.05, 0) is 35.9 Å². The van der Waals surface area contributed by atoms with E-state index in [1.165, 1.54) is 16.7 Å². The first-order chi connectivity index (χ1) is 15.5. The lowest BCUT2D eigenvalue weighted by molar-refractivity contribution is -0.137. The third kappa shape index (κ3) is 3.18. The van der Waals surface area contributed by atoms with Crippen LogP contribution in [0, 0.1) is 0 Å². The van der Waals surface area contributed by atoms with Gasteiger partial charge in [0.2, 0.25) is 0 Å². The minimum atomic E-state index is -4.49. The molecule has 0 amide bonds. The number of hydrogen-bond donors (Lipinski definition) is 1. The molecule has 0 aliphatic carbocycles. The van der Waals surface area contributed by atoms with Crippen LogP contribution in [0.1, 0.15) is 30.7 Å². The number of alkyl halides is 3. The maximum atomic E-state index is 13.5. The van der Waals surface area contributed by atoms with Crippen LogP contribution in [-0.4, -0.2) is 9.67 Å². The fourth-order valence-electron chi connectivity index (χ4n) is 4.20. The molecule has 0 spiro atoms. The van der Waals surface area contributed by atoms with Crippen molar-refractivity contribution in [1.82, 2.24) is 4.57 Å². The Kier molecular flexibility index (Phi) is 4.55. The van der Waals surface area contributed by atoms with Crippen molar-refractivity contribution in [3.63, 3.8) is 0 Å². The van der Waals surface area contributed by atoms with Crippen LogP contribution in [0.15, 0.2) is 78.4 Å². The molecule has 5 nitrogen and oxygen atoms in total. The lowest BCUT2D eigenvalue weighted by Crippen LogP contribution is -2.24. The van der Waals surface area contributed by atoms with Crippen molar-refractivity contribution in [2.24, 2.45) is 0 Å². The number of benzene rings is 2. The quantitative estimate of drug-likeness (QED) is 0.420. The molecule has 2 aromatic carbocycles. The van der Waals surface area contributed by atoms with E-state index >= 15 is 0 Å². The van der Waals surface area contributed by atoms with Crippen LogP contribution in [0.5, 0.6) is 5.75 Å². The molecule has 1 N–H and O–H groups in total. The van der Waals surface area contributed by atoms with E-state index in [1.807, 2.05) is 26.0 Å². The maximum Gasteiger partial charge on any atom is 0.416 e. The van der Waals surface area contributed by atoms with Crippen molar-refractivity contribution in [2.75, 3.05) is 0 Å². The average molecular weight is 471 g/mol. The smallest absolute Gasteiger partial charge is 0.416 e. The molecule has 5 rings (SSSR count). The Morgan fingerprint density at radius 1 is 1.03 bits per heavy atom. The number of para-hydroxylation sites is 1. The minimum Gasteiger partial charge on any atom is -0.505 e. The molecule has 4 aromatic rings. The first-order valence-electron chi connectivity index (χ1n) is 9.91. The van der Waals surface area contributed by atoms with Crippen LogP contribution in [0.2, 0.25) is 0 Å². The van der Waals surface area contributed by atoms with E-state index in [1.54, 1.807) is 18.2 Å². The molecule has 1 aliphatic heterocycles. The minimum absolute atomic E-state index is 0.0496. The van der Waals surface area contributed by atoms with Gasteiger partial charge < -0.3 is 9.52 Å². The normalized spacial score (nSPS) is 14.3. The number of fused-ring (bicyclic) bond motifs is 4. The standard InChI is InChI=1S/C24H16F3NO4S/c1-23(2)14-5-3-4-6-15(14)28-17(23)11-16-18(21(28)30)19(29)20(22(31)32-16)33-13-9-7-12(8-10-13)24(25,26)27/h3-11,29H,1-2H3. The topological polar surface area (TPSA) is 72.4 Å². The van der Waals surface area contributed by atoms with Crippen molar-refractivity contribution >= 4 is 22.7 Å². The first-order valence-corrected chi connectivity index (χ1v) is 10.7. The number of aromatic hydroxyl groups is 1. The van der Waals surface area contributed by atoms with Gasteiger partial charge in [-0.1, -0.05) is 43.8 Å². The van der Waals surface area contributed by atoms with E-state index in [0.29, 0.717) is 11.4 Å². The predicted octanol–water partition coefficient (Wildman–Crippen LogP) is 5.46. The predicted molar refractivity (Wildman–Crippen MR) is 117 cm³/mol. The molecule has 1 aliphatic rings. The number of aromatic nitrogens is 1. The van der Waals surface area contributed by atoms with Gasteiger partial charge in [0.1, 0.15) is 15.9 Å². The molecule has 9 heteroatoms. The van der Waals surface area contributed by atoms with Crippen LogP contribution < -0.4 is 11.2 Å². The van der Waals surface area contributed by atoms with Gasteiger partial charge in [-0.3, -0.25) is 9.36 Å². The molecule has 3 heterocycles. The van der Waals surface area contributed by atoms with E-state index in [-0.39, 0.29) is 20.8 Å². The summed E-state index contributed by atoms with van der Waals surface area (Å²) in [7, 11) is 0. The van der Waals surface area contributed by atoms with Gasteiger partial charge in [0.25, 0.3) is 5.56 Å². The van der Waals surface area contributed by atoms with Gasteiger partial charge in [0, 0.05) is 22.1 Å². The number of pyridine rings is 1. The zero-order valence-corrected chi connectivity index (χ0v) is 18.2. The second kappa shape index (κ2) is 7.02. The number of nitrogens with zero attached hydrogens (tertiary/aromatic N) is 1. The van der Waals surface area contributed by atoms with E-state index in [0.717, 1.165) is 29.5 Å². The molecule has 168 valence electrons. The van der Waals surface area contributed by atoms with E-state index < -0.39 is 34.1 Å². The summed E-state index contributed by atoms with van der Waals surface area (Å²) < 4.78 is 45.3. The molecule has 0 unspecified atom stereocenters. The molecule has 0 saturated heterocycles. The van der Waals surface area contributed by atoms with Crippen LogP contribution in [0.4, 0.5) is 13.2 Å². The van der Waals surface area contributed by atoms with Gasteiger partial charge in [-0.25, -0.2) is 4.79 Å². The number of rotatable bonds is 2. The molecular formula is C24H16F3NO4S. The largest absolute Gasteiger partial charge is 0.505 e. The molecule has 2 aromatic heterocycles. The molecule has 0 radical (unpaired) electrons. The van der Waals surface area contributed by atoms with Gasteiger partial charge in [-0.15, -0.1) is 0 Å². The summed E-state index contributed by atoms with van der Waals surface area (Å²) in [6.45, 7) is 3.89. The summed E-state index contributed by atoms with van der Waals surface area (Å²) >= 11 is 0.731. The molecule has 0 fully saturated rings. The molecule has 0 bridgehead atoms. The Labute approximate surface area is 189 Å². The highest BCUT2D eigenvalue weighted by atomic mass is 32.2. The summed E-state index contributed by atoms with van der Waals surface area (Å²) in [5.74, 6) is -0.561. The Morgan fingerprint density at radius 2 is 1.70 bits per heavy atom. The van der Waals surface area contributed by atoms with E-state index in [4.69, 9.17) is 4.42 Å². The van der Waals surface area contributed by atoms with Gasteiger partial charge in [-0.2, -0.15) is 13.2 Å². The average Bonchev–Trinajstić information content (AvgIpc) is 2.98. The summed E-state index contributed by atoms with van der Waals surface area (Å²) in [5.41, 5.74) is -0.648. The maximum absolute atomic E-state index is 13.5. The fourth-order valence-corrected chi connectivity index (χ4v) is 5.03. The highest BCUT2D eigenvalue weighted by molar-refractivity contribution is 7.99. The fraction of sp³-hybridized carbons (Fsp3) is 0.167. The summed E-state index contributed by atoms with van der Waals surface area (Å²) in [6, 6.07) is 13.1. The molecular weight excluding hydrogens is 455 g/mol. The number of hydrogen-bond acceptors (Lipinski definition) is 5. The zero-order valence-electron chi connectivity index (χ0n) is 17.4. The van der Waals surface area contributed by atoms with Crippen molar-refractivity contribution in [1.29, 1.82) is 0 Å². The SMILES string of the molecule is CC1(C)c2ccccc2-n2c1cc1oc(=O)c(Sc3ccc(C(F)(F)F)cc3)c(O)c1c2=O. The molecule has 33 heavy (non-hydrogen) atoms. The van der Waals surface area contributed by atoms with Crippen molar-refractivity contribution in [3.05, 3.63) is 92.2 Å². The Bertz CT molecular complexity index is 1550. The zero-order chi connectivity index (χ0) is 23.7. The molecule has 0 saturated carbocycles. The van der Waals surface area contributed by atoms with Crippen LogP contribution in [0.3, 0.4) is 0 Å². The third-order valence-corrected chi connectivity index (χ3v) is 6.94. The van der Waals surface area contributed by atoms with Crippen LogP contribution in [0.25, 0.3) is 16.7 Å². The van der Waals surface area contributed by atoms with Gasteiger partial charge in [0.05, 0.1) is 11.3 Å². The van der Waals surface area contributed by atoms with E-state index in [9.17, 15) is 27.9 Å². The van der Waals surface area contributed by atoms with Crippen molar-refractivity contribution in [2.45, 2.75) is 35.2 Å². The van der Waals surface area contributed by atoms with Crippen molar-refractivity contribution < 1.29 is 22.7 Å². The Hall–Kier alpha value is -3.46. The summed E-state index contributed by atoms with van der Waals surface area (Å²) in [6.07, 6.45) is -4.49. The lowest BCUT2D eigenvalue weighted by atomic mass is 9.83. The summed E-state index contributed by atoms with van der Waals surface area (Å²) in [5, 5.41) is 10.7. The first kappa shape index (κ1) is 21.4. The highest BCUT2D eigenvalue weighted by Crippen LogP contribution is 2.43. The highest BCUT2D eigenvalue weighted by Gasteiger charge is 2.38. The third-order valence-electron chi connectivity index (χ3n) is 5.87. The second-order valence-corrected chi connectivity index (χ2v) is 9.33. The van der Waals surface area contributed by atoms with Gasteiger partial charge >= 0.3 is 11.8 Å². The number of halogens is 3. The Balaban J connectivity index is 1.69. The van der Waals surface area contributed by atoms with Crippen LogP contribution in [-0.2, 0) is 11.6 Å².